The topological polar surface area (TPSA) is 9.23 Å². The molecule has 1 saturated heterocycles. The summed E-state index contributed by atoms with van der Waals surface area (Å²) in [4.78, 5) is 0. The third-order valence-corrected chi connectivity index (χ3v) is 12.5. The van der Waals surface area contributed by atoms with Crippen LogP contribution in [0.1, 0.15) is 34.6 Å². The molecule has 0 saturated carbocycles. The van der Waals surface area contributed by atoms with Crippen LogP contribution in [0.3, 0.4) is 0 Å². The zero-order valence-electron chi connectivity index (χ0n) is 10.7. The highest BCUT2D eigenvalue weighted by atomic mass is 28.3. The van der Waals surface area contributed by atoms with Gasteiger partial charge in [-0.15, -0.1) is 0 Å². The van der Waals surface area contributed by atoms with E-state index in [1.165, 1.54) is 6.04 Å². The van der Waals surface area contributed by atoms with Crippen LogP contribution in [0.2, 0.25) is 23.2 Å². The van der Waals surface area contributed by atoms with Gasteiger partial charge < -0.3 is 4.74 Å². The van der Waals surface area contributed by atoms with Gasteiger partial charge in [-0.2, -0.15) is 0 Å². The first-order valence-electron chi connectivity index (χ1n) is 5.94. The van der Waals surface area contributed by atoms with Crippen LogP contribution in [-0.4, -0.2) is 21.3 Å². The predicted octanol–water partition coefficient (Wildman–Crippen LogP) is 3.92. The Morgan fingerprint density at radius 3 is 2.07 bits per heavy atom. The van der Waals surface area contributed by atoms with Crippen molar-refractivity contribution in [2.24, 2.45) is 5.92 Å². The van der Waals surface area contributed by atoms with E-state index in [1.807, 2.05) is 0 Å². The maximum atomic E-state index is 5.36. The summed E-state index contributed by atoms with van der Waals surface area (Å²) < 4.78 is 5.36. The molecule has 84 valence electrons. The lowest BCUT2D eigenvalue weighted by molar-refractivity contribution is -0.0512. The van der Waals surface area contributed by atoms with Gasteiger partial charge in [-0.3, -0.25) is 0 Å². The lowest BCUT2D eigenvalue weighted by atomic mass is 9.93. The molecule has 1 fully saturated rings. The van der Waals surface area contributed by atoms with Crippen LogP contribution >= 0.6 is 0 Å². The van der Waals surface area contributed by atoms with E-state index in [0.717, 1.165) is 24.7 Å². The minimum atomic E-state index is -1.14. The molecule has 0 bridgehead atoms. The summed E-state index contributed by atoms with van der Waals surface area (Å²) in [5.41, 5.74) is 0.878. The number of rotatable bonds is 4. The van der Waals surface area contributed by atoms with E-state index in [2.05, 4.69) is 41.2 Å². The molecule has 0 spiro atoms. The molecule has 14 heavy (non-hydrogen) atoms. The van der Waals surface area contributed by atoms with Crippen LogP contribution in [0.25, 0.3) is 0 Å². The average molecular weight is 214 g/mol. The Kier molecular flexibility index (Phi) is 3.48. The third-order valence-electron chi connectivity index (χ3n) is 5.14. The first kappa shape index (κ1) is 12.2. The highest BCUT2D eigenvalue weighted by Crippen LogP contribution is 2.53. The smallest absolute Gasteiger partial charge is 0.0588 e. The second-order valence-corrected chi connectivity index (χ2v) is 11.9. The first-order valence-corrected chi connectivity index (χ1v) is 8.72. The molecule has 1 aliphatic rings. The molecule has 1 atom stereocenters. The quantitative estimate of drug-likeness (QED) is 0.645. The van der Waals surface area contributed by atoms with Gasteiger partial charge in [0.25, 0.3) is 0 Å². The van der Waals surface area contributed by atoms with Crippen molar-refractivity contribution in [1.29, 1.82) is 0 Å². The molecule has 1 nitrogen and oxygen atoms in total. The first-order chi connectivity index (χ1) is 6.36. The minimum absolute atomic E-state index is 0.536. The van der Waals surface area contributed by atoms with E-state index in [4.69, 9.17) is 4.74 Å². The highest BCUT2D eigenvalue weighted by molar-refractivity contribution is 6.82. The van der Waals surface area contributed by atoms with Crippen molar-refractivity contribution >= 4 is 8.07 Å². The summed E-state index contributed by atoms with van der Waals surface area (Å²) in [6.45, 7) is 16.8. The lowest BCUT2D eigenvalue weighted by Crippen LogP contribution is -2.53. The fourth-order valence-corrected chi connectivity index (χ4v) is 7.04. The van der Waals surface area contributed by atoms with Gasteiger partial charge in [-0.25, -0.2) is 0 Å². The van der Waals surface area contributed by atoms with Crippen molar-refractivity contribution in [3.63, 3.8) is 0 Å². The Morgan fingerprint density at radius 2 is 1.86 bits per heavy atom. The molecule has 1 heterocycles. The van der Waals surface area contributed by atoms with E-state index >= 15 is 0 Å². The van der Waals surface area contributed by atoms with Crippen molar-refractivity contribution in [2.75, 3.05) is 13.2 Å². The zero-order chi connectivity index (χ0) is 11.0. The average Bonchev–Trinajstić information content (AvgIpc) is 1.97. The summed E-state index contributed by atoms with van der Waals surface area (Å²) in [7, 11) is -1.14. The molecule has 0 aromatic carbocycles. The largest absolute Gasteiger partial charge is 0.381 e. The van der Waals surface area contributed by atoms with Gasteiger partial charge in [0.15, 0.2) is 0 Å². The Hall–Kier alpha value is 0.177. The van der Waals surface area contributed by atoms with Crippen molar-refractivity contribution in [3.8, 4) is 0 Å². The molecule has 1 unspecified atom stereocenters. The fraction of sp³-hybridized carbons (Fsp3) is 1.00. The van der Waals surface area contributed by atoms with Gasteiger partial charge in [0.2, 0.25) is 0 Å². The van der Waals surface area contributed by atoms with E-state index in [0.29, 0.717) is 5.04 Å². The molecule has 0 aromatic heterocycles. The molecule has 0 aliphatic carbocycles. The SMILES string of the molecule is CC[Si](C)(C(C)C)C(C)(C)C1COC1. The number of ether oxygens (including phenoxy) is 1. The van der Waals surface area contributed by atoms with Crippen molar-refractivity contribution in [1.82, 2.24) is 0 Å². The summed E-state index contributed by atoms with van der Waals surface area (Å²) >= 11 is 0. The van der Waals surface area contributed by atoms with Gasteiger partial charge in [-0.05, 0) is 5.04 Å². The third kappa shape index (κ3) is 1.67. The Morgan fingerprint density at radius 1 is 1.36 bits per heavy atom. The maximum absolute atomic E-state index is 5.36. The number of hydrogen-bond donors (Lipinski definition) is 0. The second kappa shape index (κ2) is 3.97. The molecular weight excluding hydrogens is 188 g/mol. The molecule has 1 rings (SSSR count). The van der Waals surface area contributed by atoms with Crippen molar-refractivity contribution in [2.45, 2.75) is 57.8 Å². The predicted molar refractivity (Wildman–Crippen MR) is 65.5 cm³/mol. The van der Waals surface area contributed by atoms with Gasteiger partial charge in [-0.1, -0.05) is 52.8 Å². The Bertz CT molecular complexity index is 196. The molecule has 2 heteroatoms. The van der Waals surface area contributed by atoms with Crippen LogP contribution < -0.4 is 0 Å². The summed E-state index contributed by atoms with van der Waals surface area (Å²) in [5.74, 6) is 0.821. The van der Waals surface area contributed by atoms with Crippen molar-refractivity contribution < 1.29 is 4.74 Å². The molecular formula is C12H26OSi. The Balaban J connectivity index is 2.85. The molecule has 1 aliphatic heterocycles. The Labute approximate surface area is 90.2 Å². The van der Waals surface area contributed by atoms with Gasteiger partial charge in [0.05, 0.1) is 21.3 Å². The van der Waals surface area contributed by atoms with Crippen LogP contribution in [-0.2, 0) is 4.74 Å². The monoisotopic (exact) mass is 214 g/mol. The lowest BCUT2D eigenvalue weighted by Gasteiger charge is -2.52. The summed E-state index contributed by atoms with van der Waals surface area (Å²) in [6, 6.07) is 1.40. The fourth-order valence-electron chi connectivity index (χ4n) is 2.73. The van der Waals surface area contributed by atoms with E-state index in [9.17, 15) is 0 Å². The summed E-state index contributed by atoms with van der Waals surface area (Å²) in [6.07, 6.45) is 0. The normalized spacial score (nSPS) is 23.4. The van der Waals surface area contributed by atoms with Gasteiger partial charge in [0, 0.05) is 5.92 Å². The summed E-state index contributed by atoms with van der Waals surface area (Å²) in [5, 5.41) is 0.536. The van der Waals surface area contributed by atoms with Crippen LogP contribution in [0, 0.1) is 5.92 Å². The standard InChI is InChI=1S/C12H26OSi/c1-7-14(6,10(2)3)12(4,5)11-8-13-9-11/h10-11H,7-9H2,1-6H3. The maximum Gasteiger partial charge on any atom is 0.0588 e. The molecule has 0 N–H and O–H groups in total. The van der Waals surface area contributed by atoms with E-state index in [1.54, 1.807) is 0 Å². The zero-order valence-corrected chi connectivity index (χ0v) is 11.7. The second-order valence-electron chi connectivity index (χ2n) is 5.88. The van der Waals surface area contributed by atoms with Crippen LogP contribution in [0.5, 0.6) is 0 Å². The van der Waals surface area contributed by atoms with Crippen LogP contribution in [0.15, 0.2) is 0 Å². The van der Waals surface area contributed by atoms with Gasteiger partial charge in [0.1, 0.15) is 0 Å². The molecule has 0 aromatic rings. The van der Waals surface area contributed by atoms with Crippen LogP contribution in [0.4, 0.5) is 0 Å². The van der Waals surface area contributed by atoms with Crippen molar-refractivity contribution in [3.05, 3.63) is 0 Å². The van der Waals surface area contributed by atoms with E-state index in [-0.39, 0.29) is 0 Å². The number of hydrogen-bond acceptors (Lipinski definition) is 1. The van der Waals surface area contributed by atoms with E-state index < -0.39 is 8.07 Å². The molecule has 0 amide bonds. The minimum Gasteiger partial charge on any atom is -0.381 e. The highest BCUT2D eigenvalue weighted by Gasteiger charge is 2.50. The van der Waals surface area contributed by atoms with Gasteiger partial charge >= 0.3 is 0 Å². The molecule has 0 radical (unpaired) electrons.